The van der Waals surface area contributed by atoms with Crippen LogP contribution in [0.15, 0.2) is 48.5 Å². The first-order valence-electron chi connectivity index (χ1n) is 5.69. The van der Waals surface area contributed by atoms with Crippen LogP contribution >= 0.6 is 11.6 Å². The second kappa shape index (κ2) is 4.39. The monoisotopic (exact) mass is 257 g/mol. The number of rotatable bonds is 2. The highest BCUT2D eigenvalue weighted by Crippen LogP contribution is 2.27. The zero-order chi connectivity index (χ0) is 12.5. The van der Waals surface area contributed by atoms with Gasteiger partial charge in [0, 0.05) is 21.6 Å². The van der Waals surface area contributed by atoms with E-state index < -0.39 is 0 Å². The van der Waals surface area contributed by atoms with Crippen LogP contribution < -0.4 is 4.74 Å². The summed E-state index contributed by atoms with van der Waals surface area (Å²) in [6, 6.07) is 15.9. The van der Waals surface area contributed by atoms with Gasteiger partial charge in [-0.15, -0.1) is 0 Å². The lowest BCUT2D eigenvalue weighted by Crippen LogP contribution is -1.80. The fourth-order valence-corrected chi connectivity index (χ4v) is 2.15. The molecule has 3 aromatic rings. The molecular weight excluding hydrogens is 246 g/mol. The lowest BCUT2D eigenvalue weighted by Gasteiger charge is -1.97. The fourth-order valence-electron chi connectivity index (χ4n) is 2.02. The van der Waals surface area contributed by atoms with E-state index in [9.17, 15) is 0 Å². The Labute approximate surface area is 110 Å². The van der Waals surface area contributed by atoms with Crippen molar-refractivity contribution in [1.82, 2.24) is 4.98 Å². The topological polar surface area (TPSA) is 25.0 Å². The fraction of sp³-hybridized carbons (Fsp3) is 0.0667. The number of fused-ring (bicyclic) bond motifs is 1. The quantitative estimate of drug-likeness (QED) is 0.719. The molecule has 0 spiro atoms. The molecule has 0 amide bonds. The summed E-state index contributed by atoms with van der Waals surface area (Å²) in [7, 11) is 1.67. The number of aromatic nitrogens is 1. The number of benzene rings is 2. The zero-order valence-corrected chi connectivity index (χ0v) is 10.7. The summed E-state index contributed by atoms with van der Waals surface area (Å²) in [4.78, 5) is 3.38. The van der Waals surface area contributed by atoms with E-state index in [1.807, 2.05) is 42.5 Å². The second-order valence-electron chi connectivity index (χ2n) is 4.14. The van der Waals surface area contributed by atoms with Crippen LogP contribution in [0.5, 0.6) is 5.75 Å². The molecule has 0 atom stereocenters. The minimum atomic E-state index is 0.747. The molecule has 90 valence electrons. The smallest absolute Gasteiger partial charge is 0.119 e. The number of halogens is 1. The highest BCUT2D eigenvalue weighted by molar-refractivity contribution is 6.30. The van der Waals surface area contributed by atoms with Crippen LogP contribution in [0.2, 0.25) is 5.02 Å². The molecule has 1 heterocycles. The Hall–Kier alpha value is -1.93. The Morgan fingerprint density at radius 1 is 1.00 bits per heavy atom. The third-order valence-corrected chi connectivity index (χ3v) is 3.24. The molecule has 1 N–H and O–H groups in total. The molecule has 0 radical (unpaired) electrons. The van der Waals surface area contributed by atoms with Gasteiger partial charge in [-0.25, -0.2) is 0 Å². The number of hydrogen-bond acceptors (Lipinski definition) is 1. The van der Waals surface area contributed by atoms with Crippen LogP contribution in [-0.4, -0.2) is 12.1 Å². The van der Waals surface area contributed by atoms with Crippen molar-refractivity contribution < 1.29 is 4.74 Å². The Morgan fingerprint density at radius 3 is 2.50 bits per heavy atom. The number of ether oxygens (including phenoxy) is 1. The molecule has 0 aliphatic heterocycles. The van der Waals surface area contributed by atoms with Crippen molar-refractivity contribution in [1.29, 1.82) is 0 Å². The van der Waals surface area contributed by atoms with Crippen molar-refractivity contribution in [2.75, 3.05) is 7.11 Å². The molecular formula is C15H12ClNO. The Balaban J connectivity index is 2.10. The van der Waals surface area contributed by atoms with Gasteiger partial charge in [0.2, 0.25) is 0 Å². The summed E-state index contributed by atoms with van der Waals surface area (Å²) in [5.41, 5.74) is 3.30. The van der Waals surface area contributed by atoms with E-state index in [0.29, 0.717) is 0 Å². The largest absolute Gasteiger partial charge is 0.497 e. The van der Waals surface area contributed by atoms with Gasteiger partial charge in [0.15, 0.2) is 0 Å². The molecule has 0 fully saturated rings. The average Bonchev–Trinajstić information content (AvgIpc) is 2.82. The van der Waals surface area contributed by atoms with Crippen LogP contribution in [0.25, 0.3) is 22.2 Å². The van der Waals surface area contributed by atoms with Crippen molar-refractivity contribution >= 4 is 22.5 Å². The van der Waals surface area contributed by atoms with Crippen LogP contribution in [0.4, 0.5) is 0 Å². The first-order chi connectivity index (χ1) is 8.76. The molecule has 2 nitrogen and oxygen atoms in total. The summed E-state index contributed by atoms with van der Waals surface area (Å²) < 4.78 is 5.22. The Bertz CT molecular complexity index is 685. The van der Waals surface area contributed by atoms with Crippen LogP contribution in [-0.2, 0) is 0 Å². The van der Waals surface area contributed by atoms with Crippen molar-refractivity contribution in [3.63, 3.8) is 0 Å². The minimum absolute atomic E-state index is 0.747. The Kier molecular flexibility index (Phi) is 2.73. The molecule has 1 aromatic heterocycles. The number of H-pyrrole nitrogens is 1. The van der Waals surface area contributed by atoms with Gasteiger partial charge < -0.3 is 9.72 Å². The molecule has 3 rings (SSSR count). The van der Waals surface area contributed by atoms with Gasteiger partial charge in [0.25, 0.3) is 0 Å². The Morgan fingerprint density at radius 2 is 1.78 bits per heavy atom. The summed E-state index contributed by atoms with van der Waals surface area (Å²) >= 11 is 5.89. The lowest BCUT2D eigenvalue weighted by molar-refractivity contribution is 0.415. The first kappa shape index (κ1) is 11.2. The predicted molar refractivity (Wildman–Crippen MR) is 75.3 cm³/mol. The summed E-state index contributed by atoms with van der Waals surface area (Å²) in [5.74, 6) is 0.865. The molecule has 0 saturated heterocycles. The van der Waals surface area contributed by atoms with Gasteiger partial charge >= 0.3 is 0 Å². The molecule has 2 aromatic carbocycles. The third-order valence-electron chi connectivity index (χ3n) is 2.98. The minimum Gasteiger partial charge on any atom is -0.497 e. The number of hydrogen-bond donors (Lipinski definition) is 1. The van der Waals surface area contributed by atoms with E-state index in [0.717, 1.165) is 32.9 Å². The van der Waals surface area contributed by atoms with Gasteiger partial charge in [-0.05, 0) is 42.0 Å². The van der Waals surface area contributed by atoms with Crippen molar-refractivity contribution in [3.8, 4) is 17.0 Å². The van der Waals surface area contributed by atoms with Gasteiger partial charge in [-0.2, -0.15) is 0 Å². The zero-order valence-electron chi connectivity index (χ0n) is 9.91. The van der Waals surface area contributed by atoms with Crippen LogP contribution in [0.1, 0.15) is 0 Å². The summed E-state index contributed by atoms with van der Waals surface area (Å²) in [6.07, 6.45) is 0. The lowest BCUT2D eigenvalue weighted by atomic mass is 10.1. The van der Waals surface area contributed by atoms with Crippen molar-refractivity contribution in [2.24, 2.45) is 0 Å². The third kappa shape index (κ3) is 1.95. The van der Waals surface area contributed by atoms with Gasteiger partial charge in [-0.3, -0.25) is 0 Å². The number of aromatic amines is 1. The predicted octanol–water partition coefficient (Wildman–Crippen LogP) is 4.50. The van der Waals surface area contributed by atoms with E-state index in [-0.39, 0.29) is 0 Å². The van der Waals surface area contributed by atoms with Crippen molar-refractivity contribution in [2.45, 2.75) is 0 Å². The van der Waals surface area contributed by atoms with E-state index in [4.69, 9.17) is 16.3 Å². The maximum atomic E-state index is 5.89. The summed E-state index contributed by atoms with van der Waals surface area (Å²) in [6.45, 7) is 0. The number of nitrogens with one attached hydrogen (secondary N) is 1. The van der Waals surface area contributed by atoms with Crippen LogP contribution in [0.3, 0.4) is 0 Å². The van der Waals surface area contributed by atoms with Gasteiger partial charge in [0.1, 0.15) is 5.75 Å². The SMILES string of the molecule is COc1ccc2[nH]c(-c3ccc(Cl)cc3)cc2c1. The molecule has 0 aliphatic rings. The van der Waals surface area contributed by atoms with Gasteiger partial charge in [0.05, 0.1) is 7.11 Å². The molecule has 0 bridgehead atoms. The highest BCUT2D eigenvalue weighted by Gasteiger charge is 2.04. The maximum absolute atomic E-state index is 5.89. The van der Waals surface area contributed by atoms with Crippen LogP contribution in [0, 0.1) is 0 Å². The standard InChI is InChI=1S/C15H12ClNO/c1-18-13-6-7-14-11(8-13)9-15(17-14)10-2-4-12(16)5-3-10/h2-9,17H,1H3. The molecule has 3 heteroatoms. The van der Waals surface area contributed by atoms with E-state index >= 15 is 0 Å². The average molecular weight is 258 g/mol. The first-order valence-corrected chi connectivity index (χ1v) is 6.07. The normalized spacial score (nSPS) is 10.8. The molecule has 0 unspecified atom stereocenters. The van der Waals surface area contributed by atoms with E-state index in [2.05, 4.69) is 11.1 Å². The van der Waals surface area contributed by atoms with E-state index in [1.54, 1.807) is 7.11 Å². The van der Waals surface area contributed by atoms with Gasteiger partial charge in [-0.1, -0.05) is 23.7 Å². The van der Waals surface area contributed by atoms with E-state index in [1.165, 1.54) is 0 Å². The van der Waals surface area contributed by atoms with Crippen molar-refractivity contribution in [3.05, 3.63) is 53.6 Å². The molecule has 0 aliphatic carbocycles. The molecule has 0 saturated carbocycles. The second-order valence-corrected chi connectivity index (χ2v) is 4.58. The molecule has 18 heavy (non-hydrogen) atoms. The summed E-state index contributed by atoms with van der Waals surface area (Å²) in [5, 5.41) is 1.89. The number of methoxy groups -OCH3 is 1. The maximum Gasteiger partial charge on any atom is 0.119 e. The highest BCUT2D eigenvalue weighted by atomic mass is 35.5.